The van der Waals surface area contributed by atoms with Crippen molar-refractivity contribution in [2.75, 3.05) is 5.32 Å². The van der Waals surface area contributed by atoms with Crippen molar-refractivity contribution < 1.29 is 9.53 Å². The lowest BCUT2D eigenvalue weighted by Gasteiger charge is -2.13. The molecule has 0 spiro atoms. The molecule has 0 aliphatic rings. The van der Waals surface area contributed by atoms with Crippen molar-refractivity contribution in [1.82, 2.24) is 10.2 Å². The molecule has 2 aromatic rings. The van der Waals surface area contributed by atoms with Gasteiger partial charge in [-0.05, 0) is 32.0 Å². The van der Waals surface area contributed by atoms with Gasteiger partial charge in [0, 0.05) is 5.02 Å². The van der Waals surface area contributed by atoms with E-state index in [0.29, 0.717) is 15.9 Å². The number of amides is 1. The first-order valence-corrected chi connectivity index (χ1v) is 6.77. The third-order valence-corrected chi connectivity index (χ3v) is 3.22. The highest BCUT2D eigenvalue weighted by molar-refractivity contribution is 7.15. The summed E-state index contributed by atoms with van der Waals surface area (Å²) in [5.41, 5.74) is 0. The Hall–Kier alpha value is -1.66. The third-order valence-electron chi connectivity index (χ3n) is 2.23. The summed E-state index contributed by atoms with van der Waals surface area (Å²) >= 11 is 7.15. The Morgan fingerprint density at radius 3 is 2.89 bits per heavy atom. The smallest absolute Gasteiger partial charge is 0.266 e. The van der Waals surface area contributed by atoms with Gasteiger partial charge in [0.15, 0.2) is 6.10 Å². The first kappa shape index (κ1) is 13.8. The molecular weight excluding hydrogens is 286 g/mol. The SMILES string of the molecule is Cc1nnc(NC(=O)[C@@H](C)Oc2cccc(Cl)c2)s1. The number of nitrogens with one attached hydrogen (secondary N) is 1. The van der Waals surface area contributed by atoms with Crippen LogP contribution in [0.4, 0.5) is 5.13 Å². The summed E-state index contributed by atoms with van der Waals surface area (Å²) in [6.45, 7) is 3.48. The summed E-state index contributed by atoms with van der Waals surface area (Å²) in [5, 5.41) is 12.1. The van der Waals surface area contributed by atoms with Gasteiger partial charge in [0.05, 0.1) is 0 Å². The van der Waals surface area contributed by atoms with Crippen molar-refractivity contribution in [3.05, 3.63) is 34.3 Å². The van der Waals surface area contributed by atoms with E-state index >= 15 is 0 Å². The standard InChI is InChI=1S/C12H12ClN3O2S/c1-7(18-10-5-3-4-9(13)6-10)11(17)14-12-16-15-8(2)19-12/h3-7H,1-2H3,(H,14,16,17)/t7-/m1/s1. The molecule has 100 valence electrons. The minimum absolute atomic E-state index is 0.281. The summed E-state index contributed by atoms with van der Waals surface area (Å²) in [6, 6.07) is 6.89. The number of anilines is 1. The molecular formula is C12H12ClN3O2S. The van der Waals surface area contributed by atoms with E-state index in [0.717, 1.165) is 5.01 Å². The topological polar surface area (TPSA) is 64.1 Å². The maximum absolute atomic E-state index is 11.9. The molecule has 1 N–H and O–H groups in total. The normalized spacial score (nSPS) is 11.9. The molecule has 0 saturated carbocycles. The van der Waals surface area contributed by atoms with Gasteiger partial charge in [0.1, 0.15) is 10.8 Å². The Bertz CT molecular complexity index is 588. The van der Waals surface area contributed by atoms with E-state index in [4.69, 9.17) is 16.3 Å². The molecule has 0 unspecified atom stereocenters. The first-order chi connectivity index (χ1) is 9.04. The highest BCUT2D eigenvalue weighted by atomic mass is 35.5. The average molecular weight is 298 g/mol. The fourth-order valence-corrected chi connectivity index (χ4v) is 2.13. The summed E-state index contributed by atoms with van der Waals surface area (Å²) in [5.74, 6) is 0.264. The van der Waals surface area contributed by atoms with Gasteiger partial charge in [-0.3, -0.25) is 10.1 Å². The predicted octanol–water partition coefficient (Wildman–Crippen LogP) is 2.91. The summed E-state index contributed by atoms with van der Waals surface area (Å²) < 4.78 is 5.50. The van der Waals surface area contributed by atoms with E-state index in [1.165, 1.54) is 11.3 Å². The van der Waals surface area contributed by atoms with E-state index in [1.54, 1.807) is 31.2 Å². The maximum Gasteiger partial charge on any atom is 0.266 e. The van der Waals surface area contributed by atoms with Gasteiger partial charge < -0.3 is 4.74 Å². The highest BCUT2D eigenvalue weighted by Gasteiger charge is 2.16. The summed E-state index contributed by atoms with van der Waals surface area (Å²) in [6.07, 6.45) is -0.650. The zero-order chi connectivity index (χ0) is 13.8. The number of ether oxygens (including phenoxy) is 1. The molecule has 0 aliphatic heterocycles. The van der Waals surface area contributed by atoms with Gasteiger partial charge in [-0.15, -0.1) is 10.2 Å². The quantitative estimate of drug-likeness (QED) is 0.942. The molecule has 2 rings (SSSR count). The number of hydrogen-bond acceptors (Lipinski definition) is 5. The predicted molar refractivity (Wildman–Crippen MR) is 74.8 cm³/mol. The van der Waals surface area contributed by atoms with Crippen molar-refractivity contribution in [3.63, 3.8) is 0 Å². The van der Waals surface area contributed by atoms with E-state index in [1.807, 2.05) is 6.92 Å². The molecule has 5 nitrogen and oxygen atoms in total. The number of aromatic nitrogens is 2. The molecule has 1 amide bonds. The number of benzene rings is 1. The minimum atomic E-state index is -0.650. The second-order valence-corrected chi connectivity index (χ2v) is 5.45. The highest BCUT2D eigenvalue weighted by Crippen LogP contribution is 2.19. The van der Waals surface area contributed by atoms with Crippen LogP contribution in [0.3, 0.4) is 0 Å². The monoisotopic (exact) mass is 297 g/mol. The van der Waals surface area contributed by atoms with Crippen LogP contribution in [0.15, 0.2) is 24.3 Å². The van der Waals surface area contributed by atoms with Crippen LogP contribution in [-0.4, -0.2) is 22.2 Å². The van der Waals surface area contributed by atoms with Crippen LogP contribution < -0.4 is 10.1 Å². The van der Waals surface area contributed by atoms with Crippen molar-refractivity contribution in [2.45, 2.75) is 20.0 Å². The summed E-state index contributed by atoms with van der Waals surface area (Å²) in [7, 11) is 0. The molecule has 0 fully saturated rings. The van der Waals surface area contributed by atoms with Crippen LogP contribution in [-0.2, 0) is 4.79 Å². The lowest BCUT2D eigenvalue weighted by atomic mass is 10.3. The molecule has 1 aromatic carbocycles. The molecule has 1 atom stereocenters. The van der Waals surface area contributed by atoms with Crippen LogP contribution in [0.25, 0.3) is 0 Å². The second kappa shape index (κ2) is 5.99. The van der Waals surface area contributed by atoms with Gasteiger partial charge in [-0.1, -0.05) is 29.0 Å². The Balaban J connectivity index is 1.96. The van der Waals surface area contributed by atoms with Crippen LogP contribution in [0.5, 0.6) is 5.75 Å². The lowest BCUT2D eigenvalue weighted by Crippen LogP contribution is -2.30. The first-order valence-electron chi connectivity index (χ1n) is 5.58. The Labute approximate surface area is 119 Å². The van der Waals surface area contributed by atoms with Gasteiger partial charge in [0.25, 0.3) is 5.91 Å². The van der Waals surface area contributed by atoms with Crippen molar-refractivity contribution in [2.24, 2.45) is 0 Å². The third kappa shape index (κ3) is 3.90. The Morgan fingerprint density at radius 1 is 1.47 bits per heavy atom. The van der Waals surface area contributed by atoms with Crippen molar-refractivity contribution in [3.8, 4) is 5.75 Å². The Morgan fingerprint density at radius 2 is 2.26 bits per heavy atom. The molecule has 1 aromatic heterocycles. The fraction of sp³-hybridized carbons (Fsp3) is 0.250. The molecule has 0 aliphatic carbocycles. The van der Waals surface area contributed by atoms with Crippen molar-refractivity contribution in [1.29, 1.82) is 0 Å². The largest absolute Gasteiger partial charge is 0.481 e. The van der Waals surface area contributed by atoms with E-state index in [9.17, 15) is 4.79 Å². The van der Waals surface area contributed by atoms with Crippen LogP contribution in [0, 0.1) is 6.92 Å². The number of aryl methyl sites for hydroxylation is 1. The van der Waals surface area contributed by atoms with E-state index < -0.39 is 6.10 Å². The number of nitrogens with zero attached hydrogens (tertiary/aromatic N) is 2. The number of carbonyl (C=O) groups excluding carboxylic acids is 1. The van der Waals surface area contributed by atoms with E-state index in [2.05, 4.69) is 15.5 Å². The molecule has 7 heteroatoms. The van der Waals surface area contributed by atoms with Gasteiger partial charge in [-0.2, -0.15) is 0 Å². The van der Waals surface area contributed by atoms with E-state index in [-0.39, 0.29) is 5.91 Å². The molecule has 0 bridgehead atoms. The van der Waals surface area contributed by atoms with Crippen LogP contribution in [0.2, 0.25) is 5.02 Å². The number of halogens is 1. The molecule has 0 radical (unpaired) electrons. The Kier molecular flexibility index (Phi) is 4.34. The number of hydrogen-bond donors (Lipinski definition) is 1. The van der Waals surface area contributed by atoms with Crippen molar-refractivity contribution >= 4 is 34.0 Å². The molecule has 19 heavy (non-hydrogen) atoms. The summed E-state index contributed by atoms with van der Waals surface area (Å²) in [4.78, 5) is 11.9. The molecule has 0 saturated heterocycles. The van der Waals surface area contributed by atoms with Crippen LogP contribution >= 0.6 is 22.9 Å². The maximum atomic E-state index is 11.9. The number of carbonyl (C=O) groups is 1. The van der Waals surface area contributed by atoms with Gasteiger partial charge in [-0.25, -0.2) is 0 Å². The fourth-order valence-electron chi connectivity index (χ4n) is 1.35. The average Bonchev–Trinajstić information content (AvgIpc) is 2.74. The van der Waals surface area contributed by atoms with Gasteiger partial charge >= 0.3 is 0 Å². The zero-order valence-electron chi connectivity index (χ0n) is 10.4. The second-order valence-electron chi connectivity index (χ2n) is 3.83. The zero-order valence-corrected chi connectivity index (χ0v) is 12.0. The van der Waals surface area contributed by atoms with Gasteiger partial charge in [0.2, 0.25) is 5.13 Å². The number of rotatable bonds is 4. The molecule has 1 heterocycles. The minimum Gasteiger partial charge on any atom is -0.481 e. The lowest BCUT2D eigenvalue weighted by molar-refractivity contribution is -0.122. The van der Waals surface area contributed by atoms with Crippen LogP contribution in [0.1, 0.15) is 11.9 Å².